The van der Waals surface area contributed by atoms with Crippen LogP contribution in [0.15, 0.2) is 23.0 Å². The van der Waals surface area contributed by atoms with Crippen LogP contribution in [0.4, 0.5) is 0 Å². The van der Waals surface area contributed by atoms with E-state index >= 15 is 0 Å². The van der Waals surface area contributed by atoms with Gasteiger partial charge in [0.1, 0.15) is 5.69 Å². The van der Waals surface area contributed by atoms with Gasteiger partial charge in [0, 0.05) is 19.1 Å². The van der Waals surface area contributed by atoms with Crippen molar-refractivity contribution in [3.05, 3.63) is 39.8 Å². The van der Waals surface area contributed by atoms with E-state index in [0.29, 0.717) is 40.8 Å². The number of ether oxygens (including phenoxy) is 1. The second-order valence-corrected chi connectivity index (χ2v) is 8.37. The van der Waals surface area contributed by atoms with E-state index in [4.69, 9.17) is 4.74 Å². The second-order valence-electron chi connectivity index (χ2n) is 8.37. The molecule has 7 nitrogen and oxygen atoms in total. The molecule has 30 heavy (non-hydrogen) atoms. The van der Waals surface area contributed by atoms with E-state index in [1.54, 1.807) is 29.7 Å². The summed E-state index contributed by atoms with van der Waals surface area (Å²) in [5.41, 5.74) is 1.83. The Morgan fingerprint density at radius 1 is 1.17 bits per heavy atom. The zero-order valence-corrected chi connectivity index (χ0v) is 17.7. The highest BCUT2D eigenvalue weighted by Gasteiger charge is 2.35. The number of nitrogens with zero attached hydrogens (tertiary/aromatic N) is 3. The van der Waals surface area contributed by atoms with E-state index in [-0.39, 0.29) is 18.1 Å². The molecular weight excluding hydrogens is 382 g/mol. The van der Waals surface area contributed by atoms with Crippen molar-refractivity contribution in [3.63, 3.8) is 0 Å². The van der Waals surface area contributed by atoms with Crippen molar-refractivity contribution in [2.24, 2.45) is 5.92 Å². The number of hydrogen-bond donors (Lipinski definition) is 0. The van der Waals surface area contributed by atoms with E-state index in [1.807, 2.05) is 11.8 Å². The lowest BCUT2D eigenvalue weighted by Gasteiger charge is -2.44. The monoisotopic (exact) mass is 411 g/mol. The fraction of sp³-hybridized carbons (Fsp3) is 0.565. The van der Waals surface area contributed by atoms with Gasteiger partial charge in [-0.1, -0.05) is 12.8 Å². The van der Waals surface area contributed by atoms with Gasteiger partial charge in [0.2, 0.25) is 0 Å². The molecule has 0 spiro atoms. The zero-order valence-electron chi connectivity index (χ0n) is 17.7. The first kappa shape index (κ1) is 20.6. The molecule has 1 aliphatic heterocycles. The Balaban J connectivity index is 1.46. The van der Waals surface area contributed by atoms with Crippen LogP contribution >= 0.6 is 0 Å². The van der Waals surface area contributed by atoms with Crippen LogP contribution in [0.1, 0.15) is 61.5 Å². The SMILES string of the molecule is CCn1c(=O)c(C)nc2cc(C(=O)OCC(=O)N3CCC[C@H]4CCCC[C@@H]43)ccc21. The molecule has 0 unspecified atom stereocenters. The third-order valence-electron chi connectivity index (χ3n) is 6.55. The van der Waals surface area contributed by atoms with Gasteiger partial charge in [-0.05, 0) is 63.6 Å². The van der Waals surface area contributed by atoms with Crippen molar-refractivity contribution in [3.8, 4) is 0 Å². The lowest BCUT2D eigenvalue weighted by atomic mass is 9.78. The predicted molar refractivity (Wildman–Crippen MR) is 113 cm³/mol. The molecule has 1 aromatic carbocycles. The van der Waals surface area contributed by atoms with Crippen molar-refractivity contribution in [2.45, 2.75) is 65.0 Å². The summed E-state index contributed by atoms with van der Waals surface area (Å²) in [5.74, 6) is -0.0520. The molecule has 0 N–H and O–H groups in total. The number of aromatic nitrogens is 2. The fourth-order valence-electron chi connectivity index (χ4n) is 5.04. The molecule has 2 fully saturated rings. The Morgan fingerprint density at radius 2 is 1.93 bits per heavy atom. The van der Waals surface area contributed by atoms with Crippen LogP contribution in [0.3, 0.4) is 0 Å². The Kier molecular flexibility index (Phi) is 5.88. The summed E-state index contributed by atoms with van der Waals surface area (Å²) in [6.45, 7) is 4.60. The Hall–Kier alpha value is -2.70. The minimum atomic E-state index is -0.545. The van der Waals surface area contributed by atoms with Crippen LogP contribution in [-0.2, 0) is 16.1 Å². The van der Waals surface area contributed by atoms with Gasteiger partial charge in [-0.2, -0.15) is 0 Å². The smallest absolute Gasteiger partial charge is 0.338 e. The van der Waals surface area contributed by atoms with Crippen LogP contribution in [0.25, 0.3) is 11.0 Å². The average Bonchev–Trinajstić information content (AvgIpc) is 2.77. The lowest BCUT2D eigenvalue weighted by Crippen LogP contribution is -2.50. The standard InChI is InChI=1S/C23H29N3O4/c1-3-25-20-11-10-17(13-18(20)24-15(2)22(25)28)23(29)30-14-21(27)26-12-6-8-16-7-4-5-9-19(16)26/h10-11,13,16,19H,3-9,12,14H2,1-2H3/t16-,19+/m1/s1. The molecule has 2 aromatic rings. The topological polar surface area (TPSA) is 81.5 Å². The van der Waals surface area contributed by atoms with E-state index in [9.17, 15) is 14.4 Å². The van der Waals surface area contributed by atoms with Crippen LogP contribution < -0.4 is 5.56 Å². The maximum absolute atomic E-state index is 12.8. The van der Waals surface area contributed by atoms with Crippen molar-refractivity contribution in [2.75, 3.05) is 13.2 Å². The van der Waals surface area contributed by atoms with E-state index in [1.165, 1.54) is 19.3 Å². The first-order chi connectivity index (χ1) is 14.5. The molecule has 1 aliphatic carbocycles. The molecule has 160 valence electrons. The summed E-state index contributed by atoms with van der Waals surface area (Å²) in [4.78, 5) is 43.8. The first-order valence-electron chi connectivity index (χ1n) is 11.0. The van der Waals surface area contributed by atoms with E-state index in [2.05, 4.69) is 4.98 Å². The largest absolute Gasteiger partial charge is 0.452 e. The minimum absolute atomic E-state index is 0.102. The van der Waals surface area contributed by atoms with Gasteiger partial charge in [0.15, 0.2) is 6.61 Å². The number of rotatable bonds is 4. The first-order valence-corrected chi connectivity index (χ1v) is 11.0. The second kappa shape index (κ2) is 8.58. The predicted octanol–water partition coefficient (Wildman–Crippen LogP) is 3.06. The Morgan fingerprint density at radius 3 is 2.73 bits per heavy atom. The number of carbonyl (C=O) groups excluding carboxylic acids is 2. The van der Waals surface area contributed by atoms with Gasteiger partial charge in [-0.15, -0.1) is 0 Å². The number of benzene rings is 1. The number of fused-ring (bicyclic) bond motifs is 2. The summed E-state index contributed by atoms with van der Waals surface area (Å²) in [7, 11) is 0. The summed E-state index contributed by atoms with van der Waals surface area (Å²) < 4.78 is 6.99. The van der Waals surface area contributed by atoms with Crippen molar-refractivity contribution in [1.29, 1.82) is 0 Å². The third kappa shape index (κ3) is 3.85. The molecule has 4 rings (SSSR count). The maximum atomic E-state index is 12.8. The van der Waals surface area contributed by atoms with Crippen LogP contribution in [0.2, 0.25) is 0 Å². The number of amides is 1. The molecule has 1 aromatic heterocycles. The quantitative estimate of drug-likeness (QED) is 0.722. The fourth-order valence-corrected chi connectivity index (χ4v) is 5.04. The molecule has 0 bridgehead atoms. The lowest BCUT2D eigenvalue weighted by molar-refractivity contribution is -0.140. The third-order valence-corrected chi connectivity index (χ3v) is 6.55. The van der Waals surface area contributed by atoms with Crippen molar-refractivity contribution < 1.29 is 14.3 Å². The van der Waals surface area contributed by atoms with Crippen molar-refractivity contribution >= 4 is 22.9 Å². The van der Waals surface area contributed by atoms with Gasteiger partial charge < -0.3 is 14.2 Å². The molecule has 2 atom stereocenters. The molecule has 2 aliphatic rings. The van der Waals surface area contributed by atoms with E-state index < -0.39 is 5.97 Å². The summed E-state index contributed by atoms with van der Waals surface area (Å²) in [6.07, 6.45) is 6.88. The van der Waals surface area contributed by atoms with Crippen LogP contribution in [0.5, 0.6) is 0 Å². The summed E-state index contributed by atoms with van der Waals surface area (Å²) in [5, 5.41) is 0. The number of aryl methyl sites for hydroxylation is 2. The number of piperidine rings is 1. The summed E-state index contributed by atoms with van der Waals surface area (Å²) >= 11 is 0. The highest BCUT2D eigenvalue weighted by atomic mass is 16.5. The van der Waals surface area contributed by atoms with E-state index in [0.717, 1.165) is 25.8 Å². The minimum Gasteiger partial charge on any atom is -0.452 e. The molecule has 7 heteroatoms. The maximum Gasteiger partial charge on any atom is 0.338 e. The Bertz CT molecular complexity index is 1030. The number of carbonyl (C=O) groups is 2. The van der Waals surface area contributed by atoms with Crippen molar-refractivity contribution in [1.82, 2.24) is 14.5 Å². The molecular formula is C23H29N3O4. The average molecular weight is 412 g/mol. The highest BCUT2D eigenvalue weighted by molar-refractivity contribution is 5.94. The molecule has 1 saturated heterocycles. The Labute approximate surface area is 176 Å². The highest BCUT2D eigenvalue weighted by Crippen LogP contribution is 2.35. The normalized spacial score (nSPS) is 21.3. The van der Waals surface area contributed by atoms with Gasteiger partial charge in [0.05, 0.1) is 16.6 Å². The van der Waals surface area contributed by atoms with Gasteiger partial charge >= 0.3 is 5.97 Å². The van der Waals surface area contributed by atoms with Gasteiger partial charge in [-0.3, -0.25) is 9.59 Å². The summed E-state index contributed by atoms with van der Waals surface area (Å²) in [6, 6.07) is 5.26. The molecule has 0 radical (unpaired) electrons. The van der Waals surface area contributed by atoms with Crippen LogP contribution in [0, 0.1) is 12.8 Å². The molecule has 2 heterocycles. The van der Waals surface area contributed by atoms with Crippen LogP contribution in [-0.4, -0.2) is 45.5 Å². The zero-order chi connectivity index (χ0) is 21.3. The van der Waals surface area contributed by atoms with Gasteiger partial charge in [0.25, 0.3) is 11.5 Å². The molecule has 1 saturated carbocycles. The number of hydrogen-bond acceptors (Lipinski definition) is 5. The number of likely N-dealkylation sites (tertiary alicyclic amines) is 1. The molecule has 1 amide bonds. The number of esters is 1. The van der Waals surface area contributed by atoms with Gasteiger partial charge in [-0.25, -0.2) is 9.78 Å².